The molecule has 0 aliphatic carbocycles. The molecule has 0 amide bonds. The quantitative estimate of drug-likeness (QED) is 0.594. The van der Waals surface area contributed by atoms with Crippen molar-refractivity contribution in [2.45, 2.75) is 36.7 Å². The largest absolute Gasteiger partial charge is 0.398 e. The lowest BCUT2D eigenvalue weighted by molar-refractivity contribution is -0.105. The Morgan fingerprint density at radius 2 is 2.03 bits per heavy atom. The van der Waals surface area contributed by atoms with E-state index in [0.717, 1.165) is 23.8 Å². The van der Waals surface area contributed by atoms with E-state index in [4.69, 9.17) is 16.3 Å². The average molecular weight is 445 g/mol. The number of nitrogens with one attached hydrogen (secondary N) is 1. The first-order valence-electron chi connectivity index (χ1n) is 8.92. The van der Waals surface area contributed by atoms with Gasteiger partial charge in [0.05, 0.1) is 11.3 Å². The molecule has 1 unspecified atom stereocenters. The van der Waals surface area contributed by atoms with Crippen LogP contribution >= 0.6 is 23.4 Å². The number of hydrogen-bond acceptors (Lipinski definition) is 5. The number of nitrogens with zero attached hydrogens (tertiary/aromatic N) is 3. The fourth-order valence-electron chi connectivity index (χ4n) is 3.23. The molecule has 0 radical (unpaired) electrons. The third-order valence-electron chi connectivity index (χ3n) is 4.49. The van der Waals surface area contributed by atoms with Gasteiger partial charge in [-0.15, -0.1) is 0 Å². The highest BCUT2D eigenvalue weighted by Gasteiger charge is 2.30. The van der Waals surface area contributed by atoms with Gasteiger partial charge < -0.3 is 4.74 Å². The minimum absolute atomic E-state index is 0.119. The molecule has 0 bridgehead atoms. The fraction of sp³-hybridized carbons (Fsp3) is 0.389. The van der Waals surface area contributed by atoms with Gasteiger partial charge in [0.1, 0.15) is 11.8 Å². The van der Waals surface area contributed by atoms with Crippen LogP contribution in [0.4, 0.5) is 13.2 Å². The van der Waals surface area contributed by atoms with E-state index in [0.29, 0.717) is 40.2 Å². The first-order valence-corrected chi connectivity index (χ1v) is 10.3. The van der Waals surface area contributed by atoms with Gasteiger partial charge in [0.25, 0.3) is 0 Å². The monoisotopic (exact) mass is 444 g/mol. The molecule has 11 heteroatoms. The predicted molar refractivity (Wildman–Crippen MR) is 103 cm³/mol. The number of alkyl halides is 3. The Bertz CT molecular complexity index is 1080. The molecule has 1 saturated heterocycles. The summed E-state index contributed by atoms with van der Waals surface area (Å²) in [5.41, 5.74) is 1.34. The second-order valence-corrected chi connectivity index (χ2v) is 8.01. The lowest BCUT2D eigenvalue weighted by Crippen LogP contribution is -2.21. The van der Waals surface area contributed by atoms with Crippen molar-refractivity contribution in [2.24, 2.45) is 0 Å². The molecule has 4 rings (SSSR count). The zero-order valence-corrected chi connectivity index (χ0v) is 16.6. The Morgan fingerprint density at radius 3 is 2.69 bits per heavy atom. The SMILES string of the molecule is O=c1[nH]c(SCC(F)(F)F)nc2c(-c3ccc(Cl)cc3)c(C3CCCCO3)nn12. The summed E-state index contributed by atoms with van der Waals surface area (Å²) in [4.78, 5) is 19.1. The second kappa shape index (κ2) is 8.00. The van der Waals surface area contributed by atoms with Gasteiger partial charge in [-0.3, -0.25) is 4.98 Å². The summed E-state index contributed by atoms with van der Waals surface area (Å²) < 4.78 is 44.7. The first-order chi connectivity index (χ1) is 13.8. The van der Waals surface area contributed by atoms with Gasteiger partial charge in [0, 0.05) is 11.6 Å². The molecular weight excluding hydrogens is 429 g/mol. The molecule has 1 atom stereocenters. The maximum Gasteiger partial charge on any atom is 0.398 e. The van der Waals surface area contributed by atoms with Crippen molar-refractivity contribution in [3.8, 4) is 11.1 Å². The fourth-order valence-corrected chi connectivity index (χ4v) is 3.97. The van der Waals surface area contributed by atoms with Crippen molar-refractivity contribution < 1.29 is 17.9 Å². The minimum atomic E-state index is -4.38. The molecule has 0 spiro atoms. The molecule has 0 saturated carbocycles. The Morgan fingerprint density at radius 1 is 1.28 bits per heavy atom. The van der Waals surface area contributed by atoms with Crippen molar-refractivity contribution in [2.75, 3.05) is 12.4 Å². The van der Waals surface area contributed by atoms with Crippen molar-refractivity contribution in [3.05, 3.63) is 45.5 Å². The number of H-pyrrole nitrogens is 1. The summed E-state index contributed by atoms with van der Waals surface area (Å²) in [7, 11) is 0. The number of aromatic amines is 1. The normalized spacial score (nSPS) is 17.7. The molecule has 154 valence electrons. The highest BCUT2D eigenvalue weighted by molar-refractivity contribution is 7.99. The summed E-state index contributed by atoms with van der Waals surface area (Å²) >= 11 is 6.41. The molecular formula is C18H16ClF3N4O2S. The molecule has 6 nitrogen and oxygen atoms in total. The number of aromatic nitrogens is 4. The van der Waals surface area contributed by atoms with Crippen molar-refractivity contribution in [1.82, 2.24) is 19.6 Å². The number of benzene rings is 1. The van der Waals surface area contributed by atoms with E-state index in [1.54, 1.807) is 24.3 Å². The zero-order valence-electron chi connectivity index (χ0n) is 15.0. The second-order valence-electron chi connectivity index (χ2n) is 6.61. The van der Waals surface area contributed by atoms with Crippen LogP contribution in [0, 0.1) is 0 Å². The van der Waals surface area contributed by atoms with Crippen molar-refractivity contribution >= 4 is 29.0 Å². The van der Waals surface area contributed by atoms with E-state index in [2.05, 4.69) is 15.1 Å². The highest BCUT2D eigenvalue weighted by atomic mass is 35.5. The number of fused-ring (bicyclic) bond motifs is 1. The van der Waals surface area contributed by atoms with Crippen molar-refractivity contribution in [1.29, 1.82) is 0 Å². The number of hydrogen-bond donors (Lipinski definition) is 1. The number of halogens is 4. The molecule has 2 aromatic heterocycles. The zero-order chi connectivity index (χ0) is 20.6. The van der Waals surface area contributed by atoms with Gasteiger partial charge >= 0.3 is 11.9 Å². The van der Waals surface area contributed by atoms with Crippen LogP contribution in [0.1, 0.15) is 31.1 Å². The highest BCUT2D eigenvalue weighted by Crippen LogP contribution is 2.37. The molecule has 3 aromatic rings. The van der Waals surface area contributed by atoms with E-state index in [1.807, 2.05) is 0 Å². The van der Waals surface area contributed by atoms with Crippen LogP contribution in [0.25, 0.3) is 16.8 Å². The van der Waals surface area contributed by atoms with Crippen LogP contribution in [-0.2, 0) is 4.74 Å². The first kappa shape index (κ1) is 20.2. The molecule has 1 aliphatic rings. The Kier molecular flexibility index (Phi) is 5.58. The Labute approximate surface area is 172 Å². The molecule has 1 aliphatic heterocycles. The van der Waals surface area contributed by atoms with Crippen LogP contribution in [-0.4, -0.2) is 38.1 Å². The summed E-state index contributed by atoms with van der Waals surface area (Å²) in [6.45, 7) is 0.578. The smallest absolute Gasteiger partial charge is 0.372 e. The van der Waals surface area contributed by atoms with Crippen LogP contribution < -0.4 is 5.69 Å². The summed E-state index contributed by atoms with van der Waals surface area (Å²) in [6, 6.07) is 6.91. The number of ether oxygens (including phenoxy) is 1. The van der Waals surface area contributed by atoms with Crippen LogP contribution in [0.3, 0.4) is 0 Å². The van der Waals surface area contributed by atoms with Gasteiger partial charge in [-0.2, -0.15) is 22.8 Å². The van der Waals surface area contributed by atoms with E-state index >= 15 is 0 Å². The van der Waals surface area contributed by atoms with E-state index in [-0.39, 0.29) is 16.9 Å². The molecule has 1 aromatic carbocycles. The average Bonchev–Trinajstić information content (AvgIpc) is 3.07. The minimum Gasteiger partial charge on any atom is -0.372 e. The van der Waals surface area contributed by atoms with Gasteiger partial charge in [0.15, 0.2) is 10.8 Å². The predicted octanol–water partition coefficient (Wildman–Crippen LogP) is 4.63. The number of rotatable bonds is 4. The molecule has 3 heterocycles. The van der Waals surface area contributed by atoms with Crippen molar-refractivity contribution in [3.63, 3.8) is 0 Å². The van der Waals surface area contributed by atoms with E-state index in [1.165, 1.54) is 0 Å². The van der Waals surface area contributed by atoms with Gasteiger partial charge in [-0.1, -0.05) is 35.5 Å². The Hall–Kier alpha value is -2.04. The summed E-state index contributed by atoms with van der Waals surface area (Å²) in [6.07, 6.45) is -2.07. The maximum absolute atomic E-state index is 12.6. The van der Waals surface area contributed by atoms with Gasteiger partial charge in [-0.25, -0.2) is 9.78 Å². The maximum atomic E-state index is 12.6. The van der Waals surface area contributed by atoms with Crippen LogP contribution in [0.2, 0.25) is 5.02 Å². The third-order valence-corrected chi connectivity index (χ3v) is 5.68. The summed E-state index contributed by atoms with van der Waals surface area (Å²) in [5.74, 6) is -1.16. The Balaban J connectivity index is 1.87. The molecule has 29 heavy (non-hydrogen) atoms. The standard InChI is InChI=1S/C18H16ClF3N4O2S/c19-11-6-4-10(5-7-11)13-14(12-3-1-2-8-28-12)25-26-15(13)23-16(24-17(26)27)29-9-18(20,21)22/h4-7,12H,1-3,8-9H2,(H,23,24,27). The lowest BCUT2D eigenvalue weighted by atomic mass is 9.99. The lowest BCUT2D eigenvalue weighted by Gasteiger charge is -2.21. The number of thioether (sulfide) groups is 1. The van der Waals surface area contributed by atoms with Gasteiger partial charge in [0.2, 0.25) is 0 Å². The van der Waals surface area contributed by atoms with Gasteiger partial charge in [-0.05, 0) is 37.0 Å². The van der Waals surface area contributed by atoms with E-state index in [9.17, 15) is 18.0 Å². The van der Waals surface area contributed by atoms with E-state index < -0.39 is 17.6 Å². The van der Waals surface area contributed by atoms with Crippen LogP contribution in [0.15, 0.2) is 34.2 Å². The third kappa shape index (κ3) is 4.44. The molecule has 1 fully saturated rings. The topological polar surface area (TPSA) is 72.3 Å². The molecule has 1 N–H and O–H groups in total. The van der Waals surface area contributed by atoms with Crippen LogP contribution in [0.5, 0.6) is 0 Å². The summed E-state index contributed by atoms with van der Waals surface area (Å²) in [5, 5.41) is 4.82.